The summed E-state index contributed by atoms with van der Waals surface area (Å²) < 4.78 is 4.96. The second-order valence-corrected chi connectivity index (χ2v) is 4.50. The van der Waals surface area contributed by atoms with Crippen LogP contribution in [0.1, 0.15) is 24.2 Å². The lowest BCUT2D eigenvalue weighted by Gasteiger charge is -2.19. The number of nitrogens with zero attached hydrogens (tertiary/aromatic N) is 1. The number of nitrogens with one attached hydrogen (secondary N) is 1. The van der Waals surface area contributed by atoms with Crippen molar-refractivity contribution in [3.8, 4) is 0 Å². The Morgan fingerprint density at radius 1 is 1.24 bits per heavy atom. The molecule has 1 aromatic rings. The smallest absolute Gasteiger partial charge is 0.254 e. The van der Waals surface area contributed by atoms with Crippen LogP contribution in [0.3, 0.4) is 0 Å². The van der Waals surface area contributed by atoms with Crippen molar-refractivity contribution in [1.29, 1.82) is 0 Å². The first-order valence-electron chi connectivity index (χ1n) is 7.00. The summed E-state index contributed by atoms with van der Waals surface area (Å²) in [6.07, 6.45) is -0.679. The molecule has 21 heavy (non-hydrogen) atoms. The van der Waals surface area contributed by atoms with Gasteiger partial charge in [0.25, 0.3) is 11.8 Å². The van der Waals surface area contributed by atoms with Gasteiger partial charge in [-0.1, -0.05) is 0 Å². The zero-order valence-corrected chi connectivity index (χ0v) is 12.8. The molecule has 1 aromatic carbocycles. The van der Waals surface area contributed by atoms with Crippen molar-refractivity contribution in [3.63, 3.8) is 0 Å². The largest absolute Gasteiger partial charge is 0.370 e. The van der Waals surface area contributed by atoms with Crippen LogP contribution in [0, 0.1) is 0 Å². The number of hydrogen-bond donors (Lipinski definition) is 2. The van der Waals surface area contributed by atoms with E-state index in [1.165, 1.54) is 7.11 Å². The van der Waals surface area contributed by atoms with Crippen LogP contribution in [-0.4, -0.2) is 49.6 Å². The summed E-state index contributed by atoms with van der Waals surface area (Å²) in [5, 5.41) is 2.70. The number of carbonyl (C=O) groups is 2. The van der Waals surface area contributed by atoms with Crippen LogP contribution in [0.2, 0.25) is 0 Å². The molecule has 0 radical (unpaired) electrons. The number of amides is 2. The van der Waals surface area contributed by atoms with E-state index in [1.54, 1.807) is 29.2 Å². The van der Waals surface area contributed by atoms with Crippen LogP contribution in [-0.2, 0) is 9.53 Å². The van der Waals surface area contributed by atoms with Gasteiger partial charge in [-0.2, -0.15) is 0 Å². The van der Waals surface area contributed by atoms with Crippen molar-refractivity contribution in [2.75, 3.05) is 32.1 Å². The van der Waals surface area contributed by atoms with E-state index < -0.39 is 6.10 Å². The summed E-state index contributed by atoms with van der Waals surface area (Å²) >= 11 is 0. The Balaban J connectivity index is 2.74. The van der Waals surface area contributed by atoms with Crippen molar-refractivity contribution in [2.45, 2.75) is 20.0 Å². The molecule has 0 aliphatic carbocycles. The zero-order valence-electron chi connectivity index (χ0n) is 12.8. The summed E-state index contributed by atoms with van der Waals surface area (Å²) in [5.41, 5.74) is 6.63. The molecular formula is C15H23N3O3. The van der Waals surface area contributed by atoms with Gasteiger partial charge in [-0.3, -0.25) is 9.59 Å². The minimum absolute atomic E-state index is 0.0189. The molecule has 0 fully saturated rings. The molecular weight excluding hydrogens is 270 g/mol. The van der Waals surface area contributed by atoms with Gasteiger partial charge in [0, 0.05) is 38.0 Å². The number of carbonyl (C=O) groups excluding carboxylic acids is 2. The topological polar surface area (TPSA) is 84.7 Å². The van der Waals surface area contributed by atoms with Crippen LogP contribution in [0.15, 0.2) is 24.3 Å². The molecule has 1 atom stereocenters. The van der Waals surface area contributed by atoms with Crippen LogP contribution in [0.5, 0.6) is 0 Å². The second kappa shape index (κ2) is 8.39. The minimum Gasteiger partial charge on any atom is -0.370 e. The molecule has 0 saturated carbocycles. The summed E-state index contributed by atoms with van der Waals surface area (Å²) in [6.45, 7) is 5.32. The quantitative estimate of drug-likeness (QED) is 0.788. The molecule has 116 valence electrons. The number of nitrogens with two attached hydrogens (primary N) is 1. The number of rotatable bonds is 7. The third kappa shape index (κ3) is 4.54. The van der Waals surface area contributed by atoms with Gasteiger partial charge in [0.1, 0.15) is 6.10 Å². The molecule has 0 saturated heterocycles. The lowest BCUT2D eigenvalue weighted by atomic mass is 10.1. The van der Waals surface area contributed by atoms with E-state index in [0.29, 0.717) is 24.3 Å². The van der Waals surface area contributed by atoms with E-state index in [0.717, 1.165) is 0 Å². The van der Waals surface area contributed by atoms with E-state index in [-0.39, 0.29) is 18.4 Å². The van der Waals surface area contributed by atoms with Gasteiger partial charge in [-0.25, -0.2) is 0 Å². The predicted molar refractivity (Wildman–Crippen MR) is 82.2 cm³/mol. The molecule has 6 heteroatoms. The highest BCUT2D eigenvalue weighted by molar-refractivity contribution is 5.97. The fraction of sp³-hybridized carbons (Fsp3) is 0.467. The maximum Gasteiger partial charge on any atom is 0.254 e. The Morgan fingerprint density at radius 3 is 2.24 bits per heavy atom. The highest BCUT2D eigenvalue weighted by Crippen LogP contribution is 2.12. The van der Waals surface area contributed by atoms with Crippen LogP contribution >= 0.6 is 0 Å². The molecule has 0 bridgehead atoms. The first-order chi connectivity index (χ1) is 10.1. The van der Waals surface area contributed by atoms with Crippen molar-refractivity contribution in [3.05, 3.63) is 29.8 Å². The SMILES string of the molecule is CCN(CC)C(=O)c1ccc(NC(=O)C(CN)OC)cc1. The van der Waals surface area contributed by atoms with Crippen LogP contribution < -0.4 is 11.1 Å². The van der Waals surface area contributed by atoms with E-state index in [9.17, 15) is 9.59 Å². The highest BCUT2D eigenvalue weighted by atomic mass is 16.5. The molecule has 0 heterocycles. The number of hydrogen-bond acceptors (Lipinski definition) is 4. The van der Waals surface area contributed by atoms with E-state index in [2.05, 4.69) is 5.32 Å². The third-order valence-corrected chi connectivity index (χ3v) is 3.24. The molecule has 0 aliphatic heterocycles. The van der Waals surface area contributed by atoms with Crippen molar-refractivity contribution >= 4 is 17.5 Å². The fourth-order valence-corrected chi connectivity index (χ4v) is 1.92. The molecule has 3 N–H and O–H groups in total. The first-order valence-corrected chi connectivity index (χ1v) is 7.00. The van der Waals surface area contributed by atoms with Crippen molar-refractivity contribution in [1.82, 2.24) is 4.90 Å². The van der Waals surface area contributed by atoms with Crippen molar-refractivity contribution in [2.24, 2.45) is 5.73 Å². The predicted octanol–water partition coefficient (Wildman–Crippen LogP) is 1.08. The maximum absolute atomic E-state index is 12.1. The lowest BCUT2D eigenvalue weighted by Crippen LogP contribution is -2.35. The summed E-state index contributed by atoms with van der Waals surface area (Å²) in [4.78, 5) is 25.7. The lowest BCUT2D eigenvalue weighted by molar-refractivity contribution is -0.125. The maximum atomic E-state index is 12.1. The second-order valence-electron chi connectivity index (χ2n) is 4.50. The Kier molecular flexibility index (Phi) is 6.84. The standard InChI is InChI=1S/C15H23N3O3/c1-4-18(5-2)15(20)11-6-8-12(9-7-11)17-14(19)13(10-16)21-3/h6-9,13H,4-5,10,16H2,1-3H3,(H,17,19). The minimum atomic E-state index is -0.679. The molecule has 0 aromatic heterocycles. The monoisotopic (exact) mass is 293 g/mol. The number of anilines is 1. The molecule has 0 spiro atoms. The van der Waals surface area contributed by atoms with Gasteiger partial charge in [-0.15, -0.1) is 0 Å². The first kappa shape index (κ1) is 17.1. The van der Waals surface area contributed by atoms with Gasteiger partial charge in [-0.05, 0) is 38.1 Å². The van der Waals surface area contributed by atoms with E-state index in [1.807, 2.05) is 13.8 Å². The molecule has 0 aliphatic rings. The fourth-order valence-electron chi connectivity index (χ4n) is 1.92. The van der Waals surface area contributed by atoms with Gasteiger partial charge < -0.3 is 20.7 Å². The molecule has 1 unspecified atom stereocenters. The highest BCUT2D eigenvalue weighted by Gasteiger charge is 2.16. The number of ether oxygens (including phenoxy) is 1. The van der Waals surface area contributed by atoms with E-state index in [4.69, 9.17) is 10.5 Å². The average molecular weight is 293 g/mol. The van der Waals surface area contributed by atoms with Gasteiger partial charge in [0.15, 0.2) is 0 Å². The molecule has 6 nitrogen and oxygen atoms in total. The van der Waals surface area contributed by atoms with E-state index >= 15 is 0 Å². The number of methoxy groups -OCH3 is 1. The van der Waals surface area contributed by atoms with Gasteiger partial charge in [0.05, 0.1) is 0 Å². The Hall–Kier alpha value is -1.92. The van der Waals surface area contributed by atoms with Crippen LogP contribution in [0.25, 0.3) is 0 Å². The molecule has 2 amide bonds. The summed E-state index contributed by atoms with van der Waals surface area (Å²) in [7, 11) is 1.43. The summed E-state index contributed by atoms with van der Waals surface area (Å²) in [5.74, 6) is -0.322. The van der Waals surface area contributed by atoms with Crippen LogP contribution in [0.4, 0.5) is 5.69 Å². The van der Waals surface area contributed by atoms with Gasteiger partial charge in [0.2, 0.25) is 0 Å². The van der Waals surface area contributed by atoms with Gasteiger partial charge >= 0.3 is 0 Å². The molecule has 1 rings (SSSR count). The van der Waals surface area contributed by atoms with Crippen molar-refractivity contribution < 1.29 is 14.3 Å². The normalized spacial score (nSPS) is 11.8. The summed E-state index contributed by atoms with van der Waals surface area (Å²) in [6, 6.07) is 6.77. The Labute approximate surface area is 125 Å². The Morgan fingerprint density at radius 2 is 1.81 bits per heavy atom. The third-order valence-electron chi connectivity index (χ3n) is 3.24. The zero-order chi connectivity index (χ0) is 15.8. The Bertz CT molecular complexity index is 466. The average Bonchev–Trinajstić information content (AvgIpc) is 2.50. The number of benzene rings is 1.